The van der Waals surface area contributed by atoms with E-state index in [9.17, 15) is 4.79 Å². The molecule has 2 heterocycles. The molecule has 0 aliphatic heterocycles. The Bertz CT molecular complexity index is 1340. The maximum absolute atomic E-state index is 12.2. The van der Waals surface area contributed by atoms with Crippen molar-refractivity contribution in [2.75, 3.05) is 23.3 Å². The molecule has 1 fully saturated rings. The molecule has 0 spiro atoms. The highest BCUT2D eigenvalue weighted by Crippen LogP contribution is 2.38. The van der Waals surface area contributed by atoms with E-state index >= 15 is 0 Å². The molecule has 4 rings (SSSR count). The van der Waals surface area contributed by atoms with Crippen LogP contribution in [-0.4, -0.2) is 45.8 Å². The summed E-state index contributed by atoms with van der Waals surface area (Å²) < 4.78 is 5.42. The smallest absolute Gasteiger partial charge is 0.407 e. The van der Waals surface area contributed by atoms with Crippen LogP contribution in [0, 0.1) is 11.8 Å². The molecule has 8 nitrogen and oxygen atoms in total. The third-order valence-electron chi connectivity index (χ3n) is 6.48. The highest BCUT2D eigenvalue weighted by Gasteiger charge is 2.34. The number of nitrogens with zero attached hydrogens (tertiary/aromatic N) is 4. The monoisotopic (exact) mass is 546 g/mol. The number of halogens is 1. The average molecular weight is 547 g/mol. The van der Waals surface area contributed by atoms with Gasteiger partial charge in [-0.2, -0.15) is 9.97 Å². The maximum Gasteiger partial charge on any atom is 0.407 e. The summed E-state index contributed by atoms with van der Waals surface area (Å²) in [4.78, 5) is 27.6. The summed E-state index contributed by atoms with van der Waals surface area (Å²) in [5.74, 6) is 7.81. The molecular weight excluding hydrogens is 512 g/mol. The maximum atomic E-state index is 12.2. The second-order valence-corrected chi connectivity index (χ2v) is 10.7. The second-order valence-electron chi connectivity index (χ2n) is 10.4. The van der Waals surface area contributed by atoms with Crippen LogP contribution in [0.2, 0.25) is 5.28 Å². The number of alkyl carbamates (subject to hydrolysis) is 1. The molecule has 1 saturated carbocycles. The summed E-state index contributed by atoms with van der Waals surface area (Å²) in [7, 11) is 0. The van der Waals surface area contributed by atoms with Gasteiger partial charge in [-0.1, -0.05) is 24.1 Å². The van der Waals surface area contributed by atoms with Gasteiger partial charge < -0.3 is 20.3 Å². The zero-order chi connectivity index (χ0) is 28.0. The third-order valence-corrected chi connectivity index (χ3v) is 6.65. The molecule has 2 N–H and O–H groups in total. The molecular formula is C30H35ClN6O2. The van der Waals surface area contributed by atoms with E-state index in [4.69, 9.17) is 16.3 Å². The summed E-state index contributed by atoms with van der Waals surface area (Å²) in [6.07, 6.45) is 3.27. The zero-order valence-corrected chi connectivity index (χ0v) is 23.8. The SMILES string of the molecule is CCN(CC)c1nc(Cl)nc(Nc2ccc(C3CCC3NC(=O)OC(C)(C)C)cc2)c1C#Cc1ccccn1. The minimum Gasteiger partial charge on any atom is -0.444 e. The molecule has 1 aliphatic carbocycles. The Kier molecular flexibility index (Phi) is 8.93. The van der Waals surface area contributed by atoms with Crippen molar-refractivity contribution in [2.24, 2.45) is 0 Å². The number of carbonyl (C=O) groups is 1. The van der Waals surface area contributed by atoms with Gasteiger partial charge in [0.2, 0.25) is 5.28 Å². The molecule has 0 saturated heterocycles. The van der Waals surface area contributed by atoms with Gasteiger partial charge in [-0.3, -0.25) is 0 Å². The first kappa shape index (κ1) is 28.2. The number of aromatic nitrogens is 3. The largest absolute Gasteiger partial charge is 0.444 e. The van der Waals surface area contributed by atoms with Crippen molar-refractivity contribution in [3.63, 3.8) is 0 Å². The fourth-order valence-electron chi connectivity index (χ4n) is 4.42. The predicted octanol–water partition coefficient (Wildman–Crippen LogP) is 6.29. The molecule has 0 radical (unpaired) electrons. The van der Waals surface area contributed by atoms with Gasteiger partial charge in [0.1, 0.15) is 16.9 Å². The quantitative estimate of drug-likeness (QED) is 0.266. The summed E-state index contributed by atoms with van der Waals surface area (Å²) in [5.41, 5.74) is 2.79. The van der Waals surface area contributed by atoms with Crippen molar-refractivity contribution < 1.29 is 9.53 Å². The number of carbonyl (C=O) groups excluding carboxylic acids is 1. The Balaban J connectivity index is 1.56. The highest BCUT2D eigenvalue weighted by atomic mass is 35.5. The Morgan fingerprint density at radius 1 is 1.08 bits per heavy atom. The first-order valence-electron chi connectivity index (χ1n) is 13.3. The molecule has 2 unspecified atom stereocenters. The normalized spacial score (nSPS) is 16.4. The van der Waals surface area contributed by atoms with Crippen LogP contribution in [0.1, 0.15) is 70.2 Å². The Labute approximate surface area is 235 Å². The van der Waals surface area contributed by atoms with Crippen LogP contribution in [0.15, 0.2) is 48.7 Å². The van der Waals surface area contributed by atoms with E-state index in [1.807, 2.05) is 51.1 Å². The van der Waals surface area contributed by atoms with Crippen molar-refractivity contribution >= 4 is 35.0 Å². The van der Waals surface area contributed by atoms with E-state index in [2.05, 4.69) is 68.3 Å². The number of amides is 1. The minimum absolute atomic E-state index is 0.0597. The van der Waals surface area contributed by atoms with Crippen LogP contribution >= 0.6 is 11.6 Å². The number of anilines is 3. The van der Waals surface area contributed by atoms with E-state index in [1.54, 1.807) is 6.20 Å². The lowest BCUT2D eigenvalue weighted by molar-refractivity contribution is 0.0466. The molecule has 1 amide bonds. The van der Waals surface area contributed by atoms with Crippen LogP contribution in [-0.2, 0) is 4.74 Å². The Hall–Kier alpha value is -3.83. The second kappa shape index (κ2) is 12.4. The predicted molar refractivity (Wildman–Crippen MR) is 156 cm³/mol. The van der Waals surface area contributed by atoms with Crippen LogP contribution in [0.5, 0.6) is 0 Å². The van der Waals surface area contributed by atoms with Gasteiger partial charge in [-0.15, -0.1) is 0 Å². The summed E-state index contributed by atoms with van der Waals surface area (Å²) in [5, 5.41) is 6.54. The number of benzene rings is 1. The van der Waals surface area contributed by atoms with Gasteiger partial charge in [-0.05, 0) is 94.8 Å². The molecule has 204 valence electrons. The van der Waals surface area contributed by atoms with Crippen LogP contribution < -0.4 is 15.5 Å². The molecule has 0 bridgehead atoms. The lowest BCUT2D eigenvalue weighted by Crippen LogP contribution is -2.47. The first-order valence-corrected chi connectivity index (χ1v) is 13.7. The minimum atomic E-state index is -0.521. The molecule has 9 heteroatoms. The number of hydrogen-bond donors (Lipinski definition) is 2. The van der Waals surface area contributed by atoms with Crippen molar-refractivity contribution in [3.8, 4) is 11.8 Å². The number of pyridine rings is 1. The molecule has 1 aliphatic rings. The van der Waals surface area contributed by atoms with E-state index in [0.717, 1.165) is 37.2 Å². The molecule has 3 aromatic rings. The van der Waals surface area contributed by atoms with Gasteiger partial charge >= 0.3 is 6.09 Å². The number of hydrogen-bond acceptors (Lipinski definition) is 7. The van der Waals surface area contributed by atoms with Crippen molar-refractivity contribution in [1.82, 2.24) is 20.3 Å². The lowest BCUT2D eigenvalue weighted by atomic mass is 9.75. The average Bonchev–Trinajstić information content (AvgIpc) is 2.87. The van der Waals surface area contributed by atoms with Gasteiger partial charge in [0.05, 0.1) is 0 Å². The van der Waals surface area contributed by atoms with Crippen LogP contribution in [0.3, 0.4) is 0 Å². The van der Waals surface area contributed by atoms with Gasteiger partial charge in [0.25, 0.3) is 0 Å². The fraction of sp³-hybridized carbons (Fsp3) is 0.400. The van der Waals surface area contributed by atoms with E-state index in [-0.39, 0.29) is 23.3 Å². The summed E-state index contributed by atoms with van der Waals surface area (Å²) in [6, 6.07) is 13.8. The Morgan fingerprint density at radius 3 is 2.41 bits per heavy atom. The van der Waals surface area contributed by atoms with Crippen LogP contribution in [0.25, 0.3) is 0 Å². The third kappa shape index (κ3) is 7.39. The molecule has 39 heavy (non-hydrogen) atoms. The lowest BCUT2D eigenvalue weighted by Gasteiger charge is -2.38. The summed E-state index contributed by atoms with van der Waals surface area (Å²) >= 11 is 6.36. The summed E-state index contributed by atoms with van der Waals surface area (Å²) in [6.45, 7) is 11.2. The standard InChI is InChI=1S/C30H35ClN6O2/c1-6-37(7-2)27-24(16-15-21-10-8-9-19-32-21)26(35-28(31)36-27)33-22-13-11-20(12-14-22)23-17-18-25(23)34-29(38)39-30(3,4)5/h8-14,19,23,25H,6-7,17-18H2,1-5H3,(H,34,38)(H,33,35,36). The van der Waals surface area contributed by atoms with E-state index < -0.39 is 5.60 Å². The molecule has 1 aromatic carbocycles. The van der Waals surface area contributed by atoms with E-state index in [0.29, 0.717) is 22.9 Å². The number of rotatable bonds is 7. The van der Waals surface area contributed by atoms with E-state index in [1.165, 1.54) is 0 Å². The number of nitrogens with one attached hydrogen (secondary N) is 2. The van der Waals surface area contributed by atoms with Gasteiger partial charge in [0, 0.05) is 36.9 Å². The van der Waals surface area contributed by atoms with Crippen LogP contribution in [0.4, 0.5) is 22.1 Å². The highest BCUT2D eigenvalue weighted by molar-refractivity contribution is 6.28. The number of ether oxygens (including phenoxy) is 1. The van der Waals surface area contributed by atoms with Crippen molar-refractivity contribution in [1.29, 1.82) is 0 Å². The van der Waals surface area contributed by atoms with Gasteiger partial charge in [-0.25, -0.2) is 9.78 Å². The molecule has 2 atom stereocenters. The Morgan fingerprint density at radius 2 is 1.82 bits per heavy atom. The van der Waals surface area contributed by atoms with Gasteiger partial charge in [0.15, 0.2) is 11.6 Å². The van der Waals surface area contributed by atoms with Crippen molar-refractivity contribution in [3.05, 3.63) is 70.8 Å². The first-order chi connectivity index (χ1) is 18.7. The zero-order valence-electron chi connectivity index (χ0n) is 23.1. The fourth-order valence-corrected chi connectivity index (χ4v) is 4.59. The topological polar surface area (TPSA) is 92.3 Å². The van der Waals surface area contributed by atoms with Crippen molar-refractivity contribution in [2.45, 2.75) is 65.0 Å². The molecule has 2 aromatic heterocycles.